The summed E-state index contributed by atoms with van der Waals surface area (Å²) in [7, 11) is 0. The summed E-state index contributed by atoms with van der Waals surface area (Å²) >= 11 is 0. The molecule has 0 atom stereocenters. The lowest BCUT2D eigenvalue weighted by Gasteiger charge is -2.15. The molecule has 1 aromatic heterocycles. The van der Waals surface area contributed by atoms with Gasteiger partial charge in [-0.05, 0) is 32.9 Å². The molecule has 6 heteroatoms. The summed E-state index contributed by atoms with van der Waals surface area (Å²) in [5.74, 6) is 6.24. The van der Waals surface area contributed by atoms with Crippen LogP contribution in [0.5, 0.6) is 5.88 Å². The number of nitrogen functional groups attached to an aromatic ring is 1. The van der Waals surface area contributed by atoms with E-state index in [0.717, 1.165) is 12.1 Å². The lowest BCUT2D eigenvalue weighted by Crippen LogP contribution is -2.25. The Morgan fingerprint density at radius 3 is 2.94 bits per heavy atom. The minimum absolute atomic E-state index is 0.381. The third-order valence-corrected chi connectivity index (χ3v) is 2.90. The molecule has 0 saturated carbocycles. The van der Waals surface area contributed by atoms with Crippen molar-refractivity contribution in [2.45, 2.75) is 19.8 Å². The summed E-state index contributed by atoms with van der Waals surface area (Å²) in [6.45, 7) is 5.89. The van der Waals surface area contributed by atoms with Gasteiger partial charge in [0, 0.05) is 18.3 Å². The topological polar surface area (TPSA) is 76.3 Å². The number of likely N-dealkylation sites (tertiary alicyclic amines) is 1. The summed E-state index contributed by atoms with van der Waals surface area (Å²) in [6, 6.07) is 0. The molecule has 1 fully saturated rings. The Morgan fingerprint density at radius 1 is 1.47 bits per heavy atom. The predicted octanol–water partition coefficient (Wildman–Crippen LogP) is 0.545. The largest absolute Gasteiger partial charge is 0.476 e. The number of rotatable bonds is 5. The van der Waals surface area contributed by atoms with Crippen molar-refractivity contribution in [1.29, 1.82) is 0 Å². The first kappa shape index (κ1) is 12.1. The molecule has 1 saturated heterocycles. The van der Waals surface area contributed by atoms with Gasteiger partial charge in [-0.3, -0.25) is 10.3 Å². The van der Waals surface area contributed by atoms with Crippen molar-refractivity contribution in [3.8, 4) is 5.88 Å². The number of nitrogens with one attached hydrogen (secondary N) is 1. The second-order valence-electron chi connectivity index (χ2n) is 4.22. The highest BCUT2D eigenvalue weighted by Gasteiger charge is 2.11. The molecule has 1 aliphatic rings. The predicted molar refractivity (Wildman–Crippen MR) is 65.7 cm³/mol. The molecule has 0 unspecified atom stereocenters. The second-order valence-corrected chi connectivity index (χ2v) is 4.22. The van der Waals surface area contributed by atoms with E-state index in [0.29, 0.717) is 18.4 Å². The third kappa shape index (κ3) is 3.28. The van der Waals surface area contributed by atoms with Crippen molar-refractivity contribution < 1.29 is 4.74 Å². The number of nitrogens with zero attached hydrogens (tertiary/aromatic N) is 3. The second kappa shape index (κ2) is 5.79. The molecular weight excluding hydrogens is 218 g/mol. The SMILES string of the molecule is Cc1cnc(NN)nc1OCCN1CCCC1. The van der Waals surface area contributed by atoms with E-state index >= 15 is 0 Å². The number of aryl methyl sites for hydroxylation is 1. The van der Waals surface area contributed by atoms with E-state index < -0.39 is 0 Å². The van der Waals surface area contributed by atoms with Gasteiger partial charge in [0.15, 0.2) is 0 Å². The van der Waals surface area contributed by atoms with E-state index in [-0.39, 0.29) is 0 Å². The summed E-state index contributed by atoms with van der Waals surface area (Å²) in [5, 5.41) is 0. The van der Waals surface area contributed by atoms with Crippen LogP contribution >= 0.6 is 0 Å². The van der Waals surface area contributed by atoms with Crippen molar-refractivity contribution in [1.82, 2.24) is 14.9 Å². The van der Waals surface area contributed by atoms with Crippen molar-refractivity contribution in [2.75, 3.05) is 31.7 Å². The van der Waals surface area contributed by atoms with Crippen LogP contribution in [0.4, 0.5) is 5.95 Å². The van der Waals surface area contributed by atoms with Crippen LogP contribution in [0.15, 0.2) is 6.20 Å². The third-order valence-electron chi connectivity index (χ3n) is 2.90. The molecule has 2 rings (SSSR count). The molecule has 0 aromatic carbocycles. The van der Waals surface area contributed by atoms with Crippen LogP contribution in [-0.2, 0) is 0 Å². The summed E-state index contributed by atoms with van der Waals surface area (Å²) < 4.78 is 5.65. The molecular formula is C11H19N5O. The average molecular weight is 237 g/mol. The van der Waals surface area contributed by atoms with Crippen LogP contribution in [0.2, 0.25) is 0 Å². The fourth-order valence-corrected chi connectivity index (χ4v) is 1.92. The molecule has 0 spiro atoms. The van der Waals surface area contributed by atoms with Crippen LogP contribution < -0.4 is 16.0 Å². The first-order chi connectivity index (χ1) is 8.29. The fourth-order valence-electron chi connectivity index (χ4n) is 1.92. The zero-order valence-electron chi connectivity index (χ0n) is 10.1. The van der Waals surface area contributed by atoms with Gasteiger partial charge in [-0.2, -0.15) is 4.98 Å². The number of anilines is 1. The quantitative estimate of drug-likeness (QED) is 0.575. The van der Waals surface area contributed by atoms with Crippen LogP contribution in [-0.4, -0.2) is 41.1 Å². The lowest BCUT2D eigenvalue weighted by molar-refractivity contribution is 0.231. The molecule has 0 radical (unpaired) electrons. The van der Waals surface area contributed by atoms with E-state index in [4.69, 9.17) is 10.6 Å². The maximum Gasteiger partial charge on any atom is 0.240 e. The van der Waals surface area contributed by atoms with Gasteiger partial charge in [0.25, 0.3) is 0 Å². The molecule has 3 N–H and O–H groups in total. The van der Waals surface area contributed by atoms with Gasteiger partial charge in [0.2, 0.25) is 11.8 Å². The molecule has 1 aromatic rings. The maximum absolute atomic E-state index is 5.65. The van der Waals surface area contributed by atoms with Crippen LogP contribution in [0.3, 0.4) is 0 Å². The fraction of sp³-hybridized carbons (Fsp3) is 0.636. The monoisotopic (exact) mass is 237 g/mol. The number of aromatic nitrogens is 2. The first-order valence-corrected chi connectivity index (χ1v) is 5.95. The molecule has 94 valence electrons. The Labute approximate surface area is 101 Å². The molecule has 2 heterocycles. The molecule has 0 aliphatic carbocycles. The van der Waals surface area contributed by atoms with Crippen LogP contribution in [0.25, 0.3) is 0 Å². The normalized spacial score (nSPS) is 16.1. The Hall–Kier alpha value is -1.40. The van der Waals surface area contributed by atoms with Crippen molar-refractivity contribution in [3.63, 3.8) is 0 Å². The van der Waals surface area contributed by atoms with Crippen LogP contribution in [0, 0.1) is 6.92 Å². The standard InChI is InChI=1S/C11H19N5O/c1-9-8-13-11(15-12)14-10(9)17-7-6-16-4-2-3-5-16/h8H,2-7,12H2,1H3,(H,13,14,15). The number of ether oxygens (including phenoxy) is 1. The van der Waals surface area contributed by atoms with E-state index in [1.807, 2.05) is 6.92 Å². The summed E-state index contributed by atoms with van der Waals surface area (Å²) in [5.41, 5.74) is 3.34. The molecule has 6 nitrogen and oxygen atoms in total. The number of nitrogens with two attached hydrogens (primary N) is 1. The number of hydrogen-bond donors (Lipinski definition) is 2. The van der Waals surface area contributed by atoms with E-state index in [1.165, 1.54) is 25.9 Å². The molecule has 0 amide bonds. The highest BCUT2D eigenvalue weighted by atomic mass is 16.5. The van der Waals surface area contributed by atoms with Gasteiger partial charge in [-0.1, -0.05) is 0 Å². The first-order valence-electron chi connectivity index (χ1n) is 5.95. The van der Waals surface area contributed by atoms with Crippen molar-refractivity contribution >= 4 is 5.95 Å². The van der Waals surface area contributed by atoms with Crippen LogP contribution in [0.1, 0.15) is 18.4 Å². The molecule has 1 aliphatic heterocycles. The number of hydrogen-bond acceptors (Lipinski definition) is 6. The zero-order chi connectivity index (χ0) is 12.1. The maximum atomic E-state index is 5.65. The van der Waals surface area contributed by atoms with Crippen molar-refractivity contribution in [2.24, 2.45) is 5.84 Å². The Morgan fingerprint density at radius 2 is 2.24 bits per heavy atom. The lowest BCUT2D eigenvalue weighted by atomic mass is 10.4. The van der Waals surface area contributed by atoms with Gasteiger partial charge < -0.3 is 4.74 Å². The molecule has 17 heavy (non-hydrogen) atoms. The smallest absolute Gasteiger partial charge is 0.240 e. The van der Waals surface area contributed by atoms with E-state index in [1.54, 1.807) is 6.20 Å². The summed E-state index contributed by atoms with van der Waals surface area (Å²) in [4.78, 5) is 10.6. The van der Waals surface area contributed by atoms with Gasteiger partial charge in [-0.15, -0.1) is 0 Å². The average Bonchev–Trinajstić information content (AvgIpc) is 2.84. The summed E-state index contributed by atoms with van der Waals surface area (Å²) in [6.07, 6.45) is 4.30. The van der Waals surface area contributed by atoms with E-state index in [2.05, 4.69) is 20.3 Å². The minimum atomic E-state index is 0.381. The molecule has 0 bridgehead atoms. The Balaban J connectivity index is 1.84. The highest BCUT2D eigenvalue weighted by Crippen LogP contribution is 2.15. The van der Waals surface area contributed by atoms with Crippen molar-refractivity contribution in [3.05, 3.63) is 11.8 Å². The van der Waals surface area contributed by atoms with Gasteiger partial charge >= 0.3 is 0 Å². The van der Waals surface area contributed by atoms with E-state index in [9.17, 15) is 0 Å². The Kier molecular flexibility index (Phi) is 4.11. The highest BCUT2D eigenvalue weighted by molar-refractivity contribution is 5.31. The van der Waals surface area contributed by atoms with Gasteiger partial charge in [0.1, 0.15) is 6.61 Å². The zero-order valence-corrected chi connectivity index (χ0v) is 10.1. The Bertz CT molecular complexity index is 365. The number of hydrazine groups is 1. The van der Waals surface area contributed by atoms with Gasteiger partial charge in [0.05, 0.1) is 0 Å². The minimum Gasteiger partial charge on any atom is -0.476 e. The van der Waals surface area contributed by atoms with Gasteiger partial charge in [-0.25, -0.2) is 10.8 Å².